The Hall–Kier alpha value is -1.83. The summed E-state index contributed by atoms with van der Waals surface area (Å²) in [6, 6.07) is 0. The molecular formula is C11H14N4O3S. The average molecular weight is 282 g/mol. The topological polar surface area (TPSA) is 91.0 Å². The number of aromatic nitrogens is 4. The van der Waals surface area contributed by atoms with Crippen molar-refractivity contribution in [2.24, 2.45) is 0 Å². The van der Waals surface area contributed by atoms with Crippen molar-refractivity contribution < 1.29 is 13.9 Å². The zero-order valence-electron chi connectivity index (χ0n) is 11.1. The lowest BCUT2D eigenvalue weighted by molar-refractivity contribution is 0.0481. The van der Waals surface area contributed by atoms with E-state index in [1.807, 2.05) is 20.8 Å². The van der Waals surface area contributed by atoms with Gasteiger partial charge in [-0.3, -0.25) is 0 Å². The molecule has 2 rings (SSSR count). The Labute approximate surface area is 114 Å². The van der Waals surface area contributed by atoms with Crippen molar-refractivity contribution in [3.63, 3.8) is 0 Å². The van der Waals surface area contributed by atoms with Gasteiger partial charge in [-0.05, 0) is 18.5 Å². The monoisotopic (exact) mass is 282 g/mol. The van der Waals surface area contributed by atoms with Gasteiger partial charge in [0.05, 0.1) is 12.3 Å². The van der Waals surface area contributed by atoms with E-state index in [4.69, 9.17) is 9.15 Å². The van der Waals surface area contributed by atoms with E-state index in [0.717, 1.165) is 17.2 Å². The predicted molar refractivity (Wildman–Crippen MR) is 67.9 cm³/mol. The van der Waals surface area contributed by atoms with Crippen LogP contribution in [0.25, 0.3) is 10.8 Å². The van der Waals surface area contributed by atoms with Gasteiger partial charge >= 0.3 is 11.9 Å². The lowest BCUT2D eigenvalue weighted by Crippen LogP contribution is -2.13. The molecule has 0 bridgehead atoms. The standard InChI is InChI=1S/C11H14N4O3S/c1-5-17-10(16)9-14-13-8(18-9)6-7(11(2,3)4)12-15-19-6/h5H2,1-4H3. The van der Waals surface area contributed by atoms with Crippen molar-refractivity contribution in [3.8, 4) is 10.8 Å². The molecule has 0 aliphatic carbocycles. The van der Waals surface area contributed by atoms with Gasteiger partial charge in [0.2, 0.25) is 0 Å². The van der Waals surface area contributed by atoms with Gasteiger partial charge in [-0.15, -0.1) is 15.3 Å². The van der Waals surface area contributed by atoms with Crippen molar-refractivity contribution in [2.45, 2.75) is 33.1 Å². The van der Waals surface area contributed by atoms with Crippen molar-refractivity contribution in [2.75, 3.05) is 6.61 Å². The Morgan fingerprint density at radius 3 is 2.68 bits per heavy atom. The van der Waals surface area contributed by atoms with Crippen LogP contribution in [0.15, 0.2) is 4.42 Å². The van der Waals surface area contributed by atoms with E-state index < -0.39 is 5.97 Å². The molecule has 8 heteroatoms. The minimum absolute atomic E-state index is 0.162. The number of hydrogen-bond donors (Lipinski definition) is 0. The van der Waals surface area contributed by atoms with Crippen LogP contribution in [-0.2, 0) is 10.2 Å². The van der Waals surface area contributed by atoms with Crippen LogP contribution in [0.1, 0.15) is 44.1 Å². The van der Waals surface area contributed by atoms with Crippen LogP contribution in [0.3, 0.4) is 0 Å². The Kier molecular flexibility index (Phi) is 3.61. The summed E-state index contributed by atoms with van der Waals surface area (Å²) in [5, 5.41) is 11.6. The van der Waals surface area contributed by atoms with Gasteiger partial charge in [0.15, 0.2) is 0 Å². The Bertz CT molecular complexity index is 585. The average Bonchev–Trinajstić information content (AvgIpc) is 2.97. The summed E-state index contributed by atoms with van der Waals surface area (Å²) in [5.74, 6) is -0.552. The van der Waals surface area contributed by atoms with E-state index in [1.54, 1.807) is 6.92 Å². The highest BCUT2D eigenvalue weighted by atomic mass is 32.1. The van der Waals surface area contributed by atoms with Crippen LogP contribution in [-0.4, -0.2) is 32.4 Å². The van der Waals surface area contributed by atoms with Gasteiger partial charge in [-0.2, -0.15) is 0 Å². The molecule has 0 aromatic carbocycles. The third-order valence-corrected chi connectivity index (χ3v) is 2.98. The third-order valence-electron chi connectivity index (χ3n) is 2.27. The van der Waals surface area contributed by atoms with Gasteiger partial charge < -0.3 is 9.15 Å². The molecule has 102 valence electrons. The highest BCUT2D eigenvalue weighted by Gasteiger charge is 2.27. The molecule has 0 aliphatic heterocycles. The summed E-state index contributed by atoms with van der Waals surface area (Å²) in [6.07, 6.45) is 0. The molecule has 19 heavy (non-hydrogen) atoms. The van der Waals surface area contributed by atoms with E-state index in [0.29, 0.717) is 4.88 Å². The summed E-state index contributed by atoms with van der Waals surface area (Å²) in [4.78, 5) is 12.1. The van der Waals surface area contributed by atoms with Crippen molar-refractivity contribution in [3.05, 3.63) is 11.6 Å². The normalized spacial score (nSPS) is 11.6. The molecule has 0 aliphatic rings. The fourth-order valence-electron chi connectivity index (χ4n) is 1.41. The third kappa shape index (κ3) is 2.78. The first-order valence-corrected chi connectivity index (χ1v) is 6.54. The summed E-state index contributed by atoms with van der Waals surface area (Å²) < 4.78 is 14.0. The quantitative estimate of drug-likeness (QED) is 0.795. The number of ether oxygens (including phenoxy) is 1. The Morgan fingerprint density at radius 2 is 2.05 bits per heavy atom. The smallest absolute Gasteiger partial charge is 0.396 e. The van der Waals surface area contributed by atoms with E-state index >= 15 is 0 Å². The number of carbonyl (C=O) groups excluding carboxylic acids is 1. The van der Waals surface area contributed by atoms with Crippen LogP contribution in [0, 0.1) is 0 Å². The molecule has 0 N–H and O–H groups in total. The summed E-state index contributed by atoms with van der Waals surface area (Å²) in [5.41, 5.74) is 0.567. The molecule has 0 radical (unpaired) electrons. The van der Waals surface area contributed by atoms with Crippen LogP contribution in [0.2, 0.25) is 0 Å². The van der Waals surface area contributed by atoms with E-state index in [2.05, 4.69) is 19.8 Å². The molecule has 2 aromatic rings. The first kappa shape index (κ1) is 13.6. The minimum Gasteiger partial charge on any atom is -0.459 e. The van der Waals surface area contributed by atoms with Gasteiger partial charge in [0, 0.05) is 5.41 Å². The van der Waals surface area contributed by atoms with Crippen molar-refractivity contribution in [1.82, 2.24) is 19.8 Å². The lowest BCUT2D eigenvalue weighted by atomic mass is 9.91. The molecule has 0 amide bonds. The van der Waals surface area contributed by atoms with Gasteiger partial charge in [-0.25, -0.2) is 4.79 Å². The number of esters is 1. The molecule has 0 unspecified atom stereocenters. The number of hydrogen-bond acceptors (Lipinski definition) is 8. The fraction of sp³-hybridized carbons (Fsp3) is 0.545. The maximum atomic E-state index is 11.5. The molecule has 2 aromatic heterocycles. The van der Waals surface area contributed by atoms with Gasteiger partial charge in [-0.1, -0.05) is 25.3 Å². The van der Waals surface area contributed by atoms with Crippen LogP contribution in [0.5, 0.6) is 0 Å². The predicted octanol–water partition coefficient (Wildman–Crippen LogP) is 2.06. The second-order valence-corrected chi connectivity index (χ2v) is 5.59. The summed E-state index contributed by atoms with van der Waals surface area (Å²) in [6.45, 7) is 7.99. The largest absolute Gasteiger partial charge is 0.459 e. The Balaban J connectivity index is 2.34. The molecule has 0 saturated heterocycles. The maximum Gasteiger partial charge on any atom is 0.396 e. The highest BCUT2D eigenvalue weighted by molar-refractivity contribution is 7.09. The SMILES string of the molecule is CCOC(=O)c1nnc(-c2snnc2C(C)(C)C)o1. The Morgan fingerprint density at radius 1 is 1.32 bits per heavy atom. The summed E-state index contributed by atoms with van der Waals surface area (Å²) >= 11 is 1.16. The van der Waals surface area contributed by atoms with Crippen LogP contribution >= 0.6 is 11.5 Å². The summed E-state index contributed by atoms with van der Waals surface area (Å²) in [7, 11) is 0. The highest BCUT2D eigenvalue weighted by Crippen LogP contribution is 2.33. The molecule has 0 spiro atoms. The van der Waals surface area contributed by atoms with Crippen molar-refractivity contribution >= 4 is 17.5 Å². The number of nitrogens with zero attached hydrogens (tertiary/aromatic N) is 4. The fourth-order valence-corrected chi connectivity index (χ4v) is 2.21. The van der Waals surface area contributed by atoms with Crippen LogP contribution in [0.4, 0.5) is 0 Å². The number of carbonyl (C=O) groups is 1. The molecular weight excluding hydrogens is 268 g/mol. The maximum absolute atomic E-state index is 11.5. The molecule has 7 nitrogen and oxygen atoms in total. The van der Waals surface area contributed by atoms with Crippen LogP contribution < -0.4 is 0 Å². The van der Waals surface area contributed by atoms with Crippen molar-refractivity contribution in [1.29, 1.82) is 0 Å². The second kappa shape index (κ2) is 5.04. The minimum atomic E-state index is -0.629. The van der Waals surface area contributed by atoms with Gasteiger partial charge in [0.1, 0.15) is 4.88 Å². The molecule has 0 saturated carbocycles. The first-order chi connectivity index (χ1) is 8.93. The molecule has 0 fully saturated rings. The molecule has 2 heterocycles. The number of rotatable bonds is 3. The first-order valence-electron chi connectivity index (χ1n) is 5.77. The zero-order chi connectivity index (χ0) is 14.0. The van der Waals surface area contributed by atoms with E-state index in [1.165, 1.54) is 0 Å². The van der Waals surface area contributed by atoms with E-state index in [9.17, 15) is 4.79 Å². The van der Waals surface area contributed by atoms with Gasteiger partial charge in [0.25, 0.3) is 5.89 Å². The lowest BCUT2D eigenvalue weighted by Gasteiger charge is -2.14. The second-order valence-electron chi connectivity index (χ2n) is 4.83. The van der Waals surface area contributed by atoms with E-state index in [-0.39, 0.29) is 23.8 Å². The molecule has 0 atom stereocenters. The zero-order valence-corrected chi connectivity index (χ0v) is 11.9.